The number of amides is 1. The molecule has 2 N–H and O–H groups in total. The molecule has 5 heteroatoms. The molecule has 124 valence electrons. The SMILES string of the molecule is CC(C)Cn1c(SC(C(N)=O)c2ccccc2)nc2ccccc21. The van der Waals surface area contributed by atoms with E-state index in [-0.39, 0.29) is 5.91 Å². The quantitative estimate of drug-likeness (QED) is 0.690. The first-order valence-electron chi connectivity index (χ1n) is 8.02. The van der Waals surface area contributed by atoms with Crippen molar-refractivity contribution in [2.75, 3.05) is 0 Å². The second-order valence-electron chi connectivity index (χ2n) is 6.20. The summed E-state index contributed by atoms with van der Waals surface area (Å²) in [5, 5.41) is 0.381. The molecule has 0 spiro atoms. The number of fused-ring (bicyclic) bond motifs is 1. The van der Waals surface area contributed by atoms with Crippen LogP contribution in [-0.4, -0.2) is 15.5 Å². The van der Waals surface area contributed by atoms with Crippen LogP contribution in [0.15, 0.2) is 59.8 Å². The summed E-state index contributed by atoms with van der Waals surface area (Å²) in [6.45, 7) is 5.20. The zero-order chi connectivity index (χ0) is 17.1. The first kappa shape index (κ1) is 16.6. The number of imidazole rings is 1. The molecular weight excluding hydrogens is 318 g/mol. The van der Waals surface area contributed by atoms with E-state index in [9.17, 15) is 4.79 Å². The van der Waals surface area contributed by atoms with Crippen molar-refractivity contribution in [2.24, 2.45) is 11.7 Å². The standard InChI is InChI=1S/C19H21N3OS/c1-13(2)12-22-16-11-7-6-10-15(16)21-19(22)24-17(18(20)23)14-8-4-3-5-9-14/h3-11,13,17H,12H2,1-2H3,(H2,20,23). The van der Waals surface area contributed by atoms with E-state index in [1.807, 2.05) is 48.5 Å². The Labute approximate surface area is 146 Å². The molecule has 0 radical (unpaired) electrons. The number of para-hydroxylation sites is 2. The molecular formula is C19H21N3OS. The van der Waals surface area contributed by atoms with E-state index in [1.165, 1.54) is 11.8 Å². The number of nitrogens with two attached hydrogens (primary N) is 1. The van der Waals surface area contributed by atoms with Gasteiger partial charge < -0.3 is 10.3 Å². The van der Waals surface area contributed by atoms with Crippen LogP contribution in [0, 0.1) is 5.92 Å². The molecule has 1 unspecified atom stereocenters. The zero-order valence-corrected chi connectivity index (χ0v) is 14.7. The van der Waals surface area contributed by atoms with Gasteiger partial charge in [0.2, 0.25) is 5.91 Å². The van der Waals surface area contributed by atoms with E-state index in [0.717, 1.165) is 28.3 Å². The molecule has 0 fully saturated rings. The van der Waals surface area contributed by atoms with E-state index in [2.05, 4.69) is 24.5 Å². The van der Waals surface area contributed by atoms with Crippen molar-refractivity contribution < 1.29 is 4.79 Å². The Bertz CT molecular complexity index is 842. The van der Waals surface area contributed by atoms with E-state index in [0.29, 0.717) is 5.92 Å². The minimum absolute atomic E-state index is 0.352. The fraction of sp³-hybridized carbons (Fsp3) is 0.263. The molecule has 1 amide bonds. The lowest BCUT2D eigenvalue weighted by molar-refractivity contribution is -0.117. The number of nitrogens with zero attached hydrogens (tertiary/aromatic N) is 2. The summed E-state index contributed by atoms with van der Waals surface area (Å²) in [5.41, 5.74) is 8.60. The van der Waals surface area contributed by atoms with Crippen LogP contribution >= 0.6 is 11.8 Å². The highest BCUT2D eigenvalue weighted by atomic mass is 32.2. The summed E-state index contributed by atoms with van der Waals surface area (Å²) in [6, 6.07) is 17.7. The number of thioether (sulfide) groups is 1. The number of carbonyl (C=O) groups is 1. The van der Waals surface area contributed by atoms with Gasteiger partial charge in [-0.3, -0.25) is 4.79 Å². The van der Waals surface area contributed by atoms with E-state index >= 15 is 0 Å². The van der Waals surface area contributed by atoms with Gasteiger partial charge in [-0.05, 0) is 23.6 Å². The molecule has 3 rings (SSSR count). The molecule has 4 nitrogen and oxygen atoms in total. The Kier molecular flexibility index (Phi) is 4.90. The summed E-state index contributed by atoms with van der Waals surface area (Å²) >= 11 is 1.42. The molecule has 2 aromatic carbocycles. The van der Waals surface area contributed by atoms with Crippen molar-refractivity contribution in [3.63, 3.8) is 0 Å². The van der Waals surface area contributed by atoms with Crippen LogP contribution in [0.3, 0.4) is 0 Å². The average molecular weight is 339 g/mol. The lowest BCUT2D eigenvalue weighted by atomic mass is 10.1. The smallest absolute Gasteiger partial charge is 0.235 e. The molecule has 1 heterocycles. The van der Waals surface area contributed by atoms with E-state index in [1.54, 1.807) is 0 Å². The average Bonchev–Trinajstić information content (AvgIpc) is 2.90. The summed E-state index contributed by atoms with van der Waals surface area (Å²) in [6.07, 6.45) is 0. The van der Waals surface area contributed by atoms with Crippen molar-refractivity contribution in [1.29, 1.82) is 0 Å². The number of rotatable bonds is 6. The van der Waals surface area contributed by atoms with Gasteiger partial charge in [0.15, 0.2) is 5.16 Å². The van der Waals surface area contributed by atoms with Gasteiger partial charge in [-0.1, -0.05) is 68.1 Å². The Balaban J connectivity index is 2.03. The maximum absolute atomic E-state index is 12.0. The highest BCUT2D eigenvalue weighted by molar-refractivity contribution is 8.00. The Morgan fingerprint density at radius 2 is 1.79 bits per heavy atom. The predicted molar refractivity (Wildman–Crippen MR) is 98.8 cm³/mol. The summed E-state index contributed by atoms with van der Waals surface area (Å²) in [4.78, 5) is 16.7. The maximum Gasteiger partial charge on any atom is 0.235 e. The fourth-order valence-electron chi connectivity index (χ4n) is 2.71. The summed E-state index contributed by atoms with van der Waals surface area (Å²) in [5.74, 6) is 0.125. The Morgan fingerprint density at radius 1 is 1.12 bits per heavy atom. The summed E-state index contributed by atoms with van der Waals surface area (Å²) in [7, 11) is 0. The van der Waals surface area contributed by atoms with Crippen LogP contribution < -0.4 is 5.73 Å². The monoisotopic (exact) mass is 339 g/mol. The molecule has 24 heavy (non-hydrogen) atoms. The molecule has 1 atom stereocenters. The maximum atomic E-state index is 12.0. The van der Waals surface area contributed by atoms with Crippen LogP contribution in [0.25, 0.3) is 11.0 Å². The topological polar surface area (TPSA) is 60.9 Å². The van der Waals surface area contributed by atoms with Crippen molar-refractivity contribution in [2.45, 2.75) is 30.8 Å². The van der Waals surface area contributed by atoms with Gasteiger partial charge in [-0.15, -0.1) is 0 Å². The van der Waals surface area contributed by atoms with Gasteiger partial charge in [-0.25, -0.2) is 4.98 Å². The first-order chi connectivity index (χ1) is 11.6. The highest BCUT2D eigenvalue weighted by Crippen LogP contribution is 2.36. The second-order valence-corrected chi connectivity index (χ2v) is 7.27. The number of aromatic nitrogens is 2. The molecule has 1 aromatic heterocycles. The fourth-order valence-corrected chi connectivity index (χ4v) is 3.78. The minimum atomic E-state index is -0.450. The number of carbonyl (C=O) groups excluding carboxylic acids is 1. The third-order valence-electron chi connectivity index (χ3n) is 3.75. The molecule has 0 saturated carbocycles. The van der Waals surface area contributed by atoms with Crippen molar-refractivity contribution in [3.05, 3.63) is 60.2 Å². The Morgan fingerprint density at radius 3 is 2.46 bits per heavy atom. The molecule has 3 aromatic rings. The molecule has 0 saturated heterocycles. The van der Waals surface area contributed by atoms with Gasteiger partial charge in [0.1, 0.15) is 5.25 Å². The van der Waals surface area contributed by atoms with Crippen molar-refractivity contribution in [3.8, 4) is 0 Å². The van der Waals surface area contributed by atoms with E-state index in [4.69, 9.17) is 10.7 Å². The van der Waals surface area contributed by atoms with Crippen LogP contribution in [0.2, 0.25) is 0 Å². The van der Waals surface area contributed by atoms with Gasteiger partial charge in [0.25, 0.3) is 0 Å². The van der Waals surface area contributed by atoms with E-state index < -0.39 is 5.25 Å². The van der Waals surface area contributed by atoms with Crippen LogP contribution in [0.5, 0.6) is 0 Å². The predicted octanol–water partition coefficient (Wildman–Crippen LogP) is 4.01. The van der Waals surface area contributed by atoms with Gasteiger partial charge in [0, 0.05) is 6.54 Å². The van der Waals surface area contributed by atoms with Gasteiger partial charge >= 0.3 is 0 Å². The number of hydrogen-bond donors (Lipinski definition) is 1. The highest BCUT2D eigenvalue weighted by Gasteiger charge is 2.23. The number of primary amides is 1. The first-order valence-corrected chi connectivity index (χ1v) is 8.90. The van der Waals surface area contributed by atoms with Gasteiger partial charge in [0.05, 0.1) is 11.0 Å². The van der Waals surface area contributed by atoms with Crippen LogP contribution in [0.1, 0.15) is 24.7 Å². The third kappa shape index (κ3) is 3.46. The molecule has 0 aliphatic carbocycles. The third-order valence-corrected chi connectivity index (χ3v) is 5.01. The number of benzene rings is 2. The Hall–Kier alpha value is -2.27. The lowest BCUT2D eigenvalue weighted by Crippen LogP contribution is -2.19. The normalized spacial score (nSPS) is 12.6. The molecule has 0 bridgehead atoms. The van der Waals surface area contributed by atoms with Gasteiger partial charge in [-0.2, -0.15) is 0 Å². The van der Waals surface area contributed by atoms with Crippen LogP contribution in [-0.2, 0) is 11.3 Å². The van der Waals surface area contributed by atoms with Crippen LogP contribution in [0.4, 0.5) is 0 Å². The molecule has 0 aliphatic rings. The zero-order valence-electron chi connectivity index (χ0n) is 13.8. The number of hydrogen-bond acceptors (Lipinski definition) is 3. The van der Waals surface area contributed by atoms with Crippen molar-refractivity contribution >= 4 is 28.7 Å². The minimum Gasteiger partial charge on any atom is -0.368 e. The second kappa shape index (κ2) is 7.09. The van der Waals surface area contributed by atoms with Crippen molar-refractivity contribution in [1.82, 2.24) is 9.55 Å². The lowest BCUT2D eigenvalue weighted by Gasteiger charge is -2.16. The largest absolute Gasteiger partial charge is 0.368 e. The molecule has 0 aliphatic heterocycles. The summed E-state index contributed by atoms with van der Waals surface area (Å²) < 4.78 is 2.18.